The highest BCUT2D eigenvalue weighted by Gasteiger charge is 2.51. The van der Waals surface area contributed by atoms with Gasteiger partial charge in [-0.15, -0.1) is 11.3 Å². The van der Waals surface area contributed by atoms with E-state index in [2.05, 4.69) is 210 Å². The fraction of sp³-hybridized carbons (Fsp3) is 0.172. The fourth-order valence-electron chi connectivity index (χ4n) is 11.9. The zero-order valence-electron chi connectivity index (χ0n) is 34.3. The molecule has 0 N–H and O–H groups in total. The van der Waals surface area contributed by atoms with E-state index < -0.39 is 0 Å². The van der Waals surface area contributed by atoms with Gasteiger partial charge in [-0.25, -0.2) is 0 Å². The third-order valence-electron chi connectivity index (χ3n) is 14.2. The number of benzene rings is 8. The monoisotopic (exact) mass is 804 g/mol. The molecular formula is C58H48N2S. The van der Waals surface area contributed by atoms with E-state index >= 15 is 0 Å². The molecule has 4 aliphatic carbocycles. The highest BCUT2D eigenvalue weighted by molar-refractivity contribution is 7.25. The molecule has 0 amide bonds. The van der Waals surface area contributed by atoms with Gasteiger partial charge in [0.2, 0.25) is 0 Å². The van der Waals surface area contributed by atoms with Crippen molar-refractivity contribution in [3.05, 3.63) is 206 Å². The van der Waals surface area contributed by atoms with Crippen LogP contribution in [0.1, 0.15) is 44.1 Å². The normalized spacial score (nSPS) is 20.3. The molecule has 0 saturated heterocycles. The summed E-state index contributed by atoms with van der Waals surface area (Å²) in [5, 5.41) is 2.62. The standard InChI is InChI=1S/C58H48N2S/c1-3-11-43(12-4-1)44-19-23-47(24-20-44)59(48-25-21-46(22-26-48)58-37-40-33-41(38-58)35-42(34-40)39-58)49-27-29-50(30-28-49)60(55-17-9-7-15-52(55)45-13-5-2-6-14-45)51-31-32-54-53-16-8-10-18-56(53)61-57(54)36-51/h1-32,36,40-42H,33-35,37-39H2. The quantitative estimate of drug-likeness (QED) is 0.143. The highest BCUT2D eigenvalue weighted by atomic mass is 32.1. The van der Waals surface area contributed by atoms with Gasteiger partial charge >= 0.3 is 0 Å². The summed E-state index contributed by atoms with van der Waals surface area (Å²) in [6.07, 6.45) is 8.54. The Morgan fingerprint density at radius 1 is 0.377 bits per heavy atom. The Bertz CT molecular complexity index is 2950. The molecule has 13 rings (SSSR count). The van der Waals surface area contributed by atoms with Crippen LogP contribution in [0.5, 0.6) is 0 Å². The molecular weight excluding hydrogens is 757 g/mol. The summed E-state index contributed by atoms with van der Waals surface area (Å²) >= 11 is 1.87. The Kier molecular flexibility index (Phi) is 8.92. The van der Waals surface area contributed by atoms with Crippen molar-refractivity contribution in [2.75, 3.05) is 9.80 Å². The average Bonchev–Trinajstić information content (AvgIpc) is 3.69. The smallest absolute Gasteiger partial charge is 0.0540 e. The highest BCUT2D eigenvalue weighted by Crippen LogP contribution is 2.61. The third kappa shape index (κ3) is 6.55. The average molecular weight is 805 g/mol. The van der Waals surface area contributed by atoms with Crippen molar-refractivity contribution < 1.29 is 0 Å². The lowest BCUT2D eigenvalue weighted by Gasteiger charge is -2.57. The maximum Gasteiger partial charge on any atom is 0.0540 e. The molecule has 4 fully saturated rings. The SMILES string of the molecule is c1ccc(-c2ccc(N(c3ccc(N(c4ccc5c(c4)sc4ccccc45)c4ccccc4-c4ccccc4)cc3)c3ccc(C45CC6CC(CC(C6)C4)C5)cc3)cc2)cc1. The largest absolute Gasteiger partial charge is 0.311 e. The molecule has 4 saturated carbocycles. The first-order chi connectivity index (χ1) is 30.1. The van der Waals surface area contributed by atoms with E-state index in [0.717, 1.165) is 46.2 Å². The second-order valence-corrected chi connectivity index (χ2v) is 19.1. The number of nitrogens with zero attached hydrogens (tertiary/aromatic N) is 2. The minimum absolute atomic E-state index is 0.370. The summed E-state index contributed by atoms with van der Waals surface area (Å²) in [7, 11) is 0. The summed E-state index contributed by atoms with van der Waals surface area (Å²) in [4.78, 5) is 4.88. The Hall–Kier alpha value is -6.42. The van der Waals surface area contributed by atoms with E-state index in [0.29, 0.717) is 5.41 Å². The van der Waals surface area contributed by atoms with Gasteiger partial charge in [-0.1, -0.05) is 127 Å². The third-order valence-corrected chi connectivity index (χ3v) is 15.4. The lowest BCUT2D eigenvalue weighted by molar-refractivity contribution is -0.00518. The van der Waals surface area contributed by atoms with Gasteiger partial charge in [-0.2, -0.15) is 0 Å². The van der Waals surface area contributed by atoms with Crippen LogP contribution in [0.25, 0.3) is 42.4 Å². The predicted octanol–water partition coefficient (Wildman–Crippen LogP) is 16.8. The van der Waals surface area contributed by atoms with Crippen molar-refractivity contribution >= 4 is 65.6 Å². The molecule has 0 radical (unpaired) electrons. The summed E-state index contributed by atoms with van der Waals surface area (Å²) in [5.74, 6) is 2.78. The Balaban J connectivity index is 0.960. The number of para-hydroxylation sites is 1. The van der Waals surface area contributed by atoms with Crippen molar-refractivity contribution in [2.24, 2.45) is 17.8 Å². The number of thiophene rings is 1. The van der Waals surface area contributed by atoms with Crippen LogP contribution in [0.3, 0.4) is 0 Å². The molecule has 61 heavy (non-hydrogen) atoms. The van der Waals surface area contributed by atoms with Gasteiger partial charge in [-0.05, 0) is 157 Å². The zero-order chi connectivity index (χ0) is 40.3. The Labute approximate surface area is 363 Å². The topological polar surface area (TPSA) is 6.48 Å². The van der Waals surface area contributed by atoms with Crippen LogP contribution >= 0.6 is 11.3 Å². The van der Waals surface area contributed by atoms with E-state index in [9.17, 15) is 0 Å². The van der Waals surface area contributed by atoms with Crippen molar-refractivity contribution in [1.29, 1.82) is 0 Å². The molecule has 4 bridgehead atoms. The second kappa shape index (κ2) is 14.9. The maximum absolute atomic E-state index is 2.48. The van der Waals surface area contributed by atoms with E-state index in [1.54, 1.807) is 5.56 Å². The van der Waals surface area contributed by atoms with Crippen LogP contribution in [-0.2, 0) is 5.41 Å². The Morgan fingerprint density at radius 2 is 0.852 bits per heavy atom. The van der Waals surface area contributed by atoms with Crippen LogP contribution in [-0.4, -0.2) is 0 Å². The Morgan fingerprint density at radius 3 is 1.51 bits per heavy atom. The van der Waals surface area contributed by atoms with Crippen LogP contribution in [0.2, 0.25) is 0 Å². The summed E-state index contributed by atoms with van der Waals surface area (Å²) in [5.41, 5.74) is 13.7. The van der Waals surface area contributed by atoms with Gasteiger partial charge < -0.3 is 9.80 Å². The van der Waals surface area contributed by atoms with Gasteiger partial charge in [0.05, 0.1) is 5.69 Å². The lowest BCUT2D eigenvalue weighted by Crippen LogP contribution is -2.48. The molecule has 0 unspecified atom stereocenters. The van der Waals surface area contributed by atoms with E-state index in [-0.39, 0.29) is 0 Å². The number of hydrogen-bond donors (Lipinski definition) is 0. The second-order valence-electron chi connectivity index (χ2n) is 18.0. The van der Waals surface area contributed by atoms with Gasteiger partial charge in [-0.3, -0.25) is 0 Å². The molecule has 3 heteroatoms. The van der Waals surface area contributed by atoms with Crippen molar-refractivity contribution in [3.8, 4) is 22.3 Å². The minimum Gasteiger partial charge on any atom is -0.311 e. The molecule has 2 nitrogen and oxygen atoms in total. The summed E-state index contributed by atoms with van der Waals surface area (Å²) < 4.78 is 2.61. The van der Waals surface area contributed by atoms with Gasteiger partial charge in [0.1, 0.15) is 0 Å². The van der Waals surface area contributed by atoms with E-state index in [1.165, 1.54) is 86.6 Å². The molecule has 4 aliphatic rings. The fourth-order valence-corrected chi connectivity index (χ4v) is 13.0. The number of fused-ring (bicyclic) bond motifs is 3. The summed E-state index contributed by atoms with van der Waals surface area (Å²) in [6, 6.07) is 74.1. The molecule has 0 spiro atoms. The van der Waals surface area contributed by atoms with Gasteiger partial charge in [0.15, 0.2) is 0 Å². The minimum atomic E-state index is 0.370. The number of hydrogen-bond acceptors (Lipinski definition) is 3. The molecule has 0 aliphatic heterocycles. The molecule has 8 aromatic carbocycles. The van der Waals surface area contributed by atoms with Crippen LogP contribution < -0.4 is 9.80 Å². The van der Waals surface area contributed by atoms with Crippen molar-refractivity contribution in [3.63, 3.8) is 0 Å². The lowest BCUT2D eigenvalue weighted by atomic mass is 9.48. The first kappa shape index (κ1) is 36.4. The van der Waals surface area contributed by atoms with Crippen LogP contribution in [0.15, 0.2) is 200 Å². The first-order valence-electron chi connectivity index (χ1n) is 22.2. The number of anilines is 6. The van der Waals surface area contributed by atoms with E-state index in [1.807, 2.05) is 11.3 Å². The van der Waals surface area contributed by atoms with Crippen molar-refractivity contribution in [1.82, 2.24) is 0 Å². The molecule has 1 heterocycles. The molecule has 0 atom stereocenters. The maximum atomic E-state index is 2.48. The van der Waals surface area contributed by atoms with E-state index in [4.69, 9.17) is 0 Å². The molecule has 1 aromatic heterocycles. The zero-order valence-corrected chi connectivity index (χ0v) is 35.1. The molecule has 296 valence electrons. The van der Waals surface area contributed by atoms with Gasteiger partial charge in [0, 0.05) is 54.2 Å². The number of rotatable bonds is 9. The molecule has 9 aromatic rings. The van der Waals surface area contributed by atoms with Crippen LogP contribution in [0, 0.1) is 17.8 Å². The summed E-state index contributed by atoms with van der Waals surface area (Å²) in [6.45, 7) is 0. The van der Waals surface area contributed by atoms with Crippen molar-refractivity contribution in [2.45, 2.75) is 43.9 Å². The van der Waals surface area contributed by atoms with Gasteiger partial charge in [0.25, 0.3) is 0 Å². The van der Waals surface area contributed by atoms with Crippen LogP contribution in [0.4, 0.5) is 34.1 Å². The first-order valence-corrected chi connectivity index (χ1v) is 23.0. The predicted molar refractivity (Wildman–Crippen MR) is 259 cm³/mol.